The van der Waals surface area contributed by atoms with Crippen molar-refractivity contribution in [2.75, 3.05) is 11.1 Å². The molecule has 0 atom stereocenters. The molecule has 0 spiro atoms. The van der Waals surface area contributed by atoms with E-state index in [0.29, 0.717) is 16.5 Å². The Bertz CT molecular complexity index is 642. The van der Waals surface area contributed by atoms with Crippen molar-refractivity contribution >= 4 is 35.0 Å². The normalized spacial score (nSPS) is 10.4. The molecule has 0 heterocycles. The number of hydrogen-bond acceptors (Lipinski definition) is 2. The van der Waals surface area contributed by atoms with Crippen LogP contribution in [0.3, 0.4) is 0 Å². The van der Waals surface area contributed by atoms with E-state index in [-0.39, 0.29) is 5.91 Å². The molecule has 2 rings (SSSR count). The summed E-state index contributed by atoms with van der Waals surface area (Å²) in [4.78, 5) is 11.9. The number of carbonyl (C=O) groups is 1. The third kappa shape index (κ3) is 4.80. The van der Waals surface area contributed by atoms with Crippen molar-refractivity contribution in [3.05, 3.63) is 64.2 Å². The zero-order chi connectivity index (χ0) is 15.2. The molecule has 110 valence electrons. The second-order valence-corrected chi connectivity index (χ2v) is 6.34. The molecule has 0 saturated carbocycles. The zero-order valence-electron chi connectivity index (χ0n) is 12.2. The van der Waals surface area contributed by atoms with E-state index in [1.807, 2.05) is 37.3 Å². The maximum Gasteiger partial charge on any atom is 0.234 e. The van der Waals surface area contributed by atoms with Crippen LogP contribution in [-0.2, 0) is 10.5 Å². The number of aryl methyl sites for hydroxylation is 2. The highest BCUT2D eigenvalue weighted by Gasteiger charge is 2.07. The number of benzene rings is 2. The molecule has 0 bridgehead atoms. The van der Waals surface area contributed by atoms with Crippen LogP contribution < -0.4 is 5.32 Å². The third-order valence-electron chi connectivity index (χ3n) is 3.15. The number of amides is 1. The highest BCUT2D eigenvalue weighted by molar-refractivity contribution is 7.99. The van der Waals surface area contributed by atoms with Gasteiger partial charge in [-0.2, -0.15) is 0 Å². The Balaban J connectivity index is 1.84. The molecule has 0 radical (unpaired) electrons. The first-order valence-corrected chi connectivity index (χ1v) is 8.28. The zero-order valence-corrected chi connectivity index (χ0v) is 13.7. The van der Waals surface area contributed by atoms with Gasteiger partial charge < -0.3 is 5.32 Å². The first-order valence-electron chi connectivity index (χ1n) is 6.74. The molecule has 0 unspecified atom stereocenters. The van der Waals surface area contributed by atoms with E-state index in [2.05, 4.69) is 24.4 Å². The minimum Gasteiger partial charge on any atom is -0.324 e. The summed E-state index contributed by atoms with van der Waals surface area (Å²) >= 11 is 7.70. The van der Waals surface area contributed by atoms with Crippen LogP contribution in [0.4, 0.5) is 5.69 Å². The van der Waals surface area contributed by atoms with E-state index in [1.54, 1.807) is 11.8 Å². The van der Waals surface area contributed by atoms with Crippen LogP contribution in [0.25, 0.3) is 0 Å². The fourth-order valence-electron chi connectivity index (χ4n) is 1.93. The Morgan fingerprint density at radius 3 is 2.67 bits per heavy atom. The van der Waals surface area contributed by atoms with Crippen LogP contribution in [0.2, 0.25) is 5.02 Å². The minimum atomic E-state index is -0.0284. The van der Waals surface area contributed by atoms with Crippen LogP contribution in [0, 0.1) is 13.8 Å². The number of anilines is 1. The van der Waals surface area contributed by atoms with E-state index < -0.39 is 0 Å². The summed E-state index contributed by atoms with van der Waals surface area (Å²) in [5, 5.41) is 3.42. The van der Waals surface area contributed by atoms with E-state index >= 15 is 0 Å². The summed E-state index contributed by atoms with van der Waals surface area (Å²) in [5.74, 6) is 1.22. The largest absolute Gasteiger partial charge is 0.324 e. The quantitative estimate of drug-likeness (QED) is 0.855. The number of rotatable bonds is 5. The molecule has 0 aromatic heterocycles. The van der Waals surface area contributed by atoms with Gasteiger partial charge in [0, 0.05) is 5.75 Å². The molecular weight excluding hydrogens is 302 g/mol. The fraction of sp³-hybridized carbons (Fsp3) is 0.235. The second kappa shape index (κ2) is 7.53. The van der Waals surface area contributed by atoms with Gasteiger partial charge in [-0.05, 0) is 42.7 Å². The van der Waals surface area contributed by atoms with Crippen molar-refractivity contribution in [3.63, 3.8) is 0 Å². The molecule has 0 aliphatic carbocycles. The molecule has 0 fully saturated rings. The Morgan fingerprint density at radius 2 is 1.95 bits per heavy atom. The van der Waals surface area contributed by atoms with Crippen molar-refractivity contribution in [1.82, 2.24) is 0 Å². The van der Waals surface area contributed by atoms with E-state index in [4.69, 9.17) is 11.6 Å². The van der Waals surface area contributed by atoms with Crippen molar-refractivity contribution in [3.8, 4) is 0 Å². The Morgan fingerprint density at radius 1 is 1.19 bits per heavy atom. The van der Waals surface area contributed by atoms with Gasteiger partial charge in [-0.3, -0.25) is 4.79 Å². The molecule has 2 aromatic carbocycles. The third-order valence-corrected chi connectivity index (χ3v) is 4.44. The lowest BCUT2D eigenvalue weighted by Gasteiger charge is -2.08. The summed E-state index contributed by atoms with van der Waals surface area (Å²) < 4.78 is 0. The van der Waals surface area contributed by atoms with E-state index in [9.17, 15) is 4.79 Å². The predicted molar refractivity (Wildman–Crippen MR) is 92.2 cm³/mol. The monoisotopic (exact) mass is 319 g/mol. The molecular formula is C17H18ClNOS. The van der Waals surface area contributed by atoms with Crippen molar-refractivity contribution in [1.29, 1.82) is 0 Å². The molecule has 1 amide bonds. The van der Waals surface area contributed by atoms with Crippen LogP contribution in [0.15, 0.2) is 42.5 Å². The summed E-state index contributed by atoms with van der Waals surface area (Å²) in [5.41, 5.74) is 4.27. The van der Waals surface area contributed by atoms with Gasteiger partial charge in [-0.25, -0.2) is 0 Å². The second-order valence-electron chi connectivity index (χ2n) is 4.95. The first kappa shape index (κ1) is 15.9. The van der Waals surface area contributed by atoms with Crippen molar-refractivity contribution in [2.24, 2.45) is 0 Å². The van der Waals surface area contributed by atoms with Gasteiger partial charge in [0.05, 0.1) is 16.5 Å². The summed E-state index contributed by atoms with van der Waals surface area (Å²) in [7, 11) is 0. The number of carbonyl (C=O) groups excluding carboxylic acids is 1. The van der Waals surface area contributed by atoms with Gasteiger partial charge in [0.1, 0.15) is 0 Å². The maximum atomic E-state index is 11.9. The van der Waals surface area contributed by atoms with Gasteiger partial charge in [-0.1, -0.05) is 41.9 Å². The molecule has 0 aliphatic heterocycles. The van der Waals surface area contributed by atoms with Crippen LogP contribution in [-0.4, -0.2) is 11.7 Å². The molecule has 0 aliphatic rings. The van der Waals surface area contributed by atoms with Crippen molar-refractivity contribution < 1.29 is 4.79 Å². The number of halogens is 1. The van der Waals surface area contributed by atoms with E-state index in [1.165, 1.54) is 11.1 Å². The van der Waals surface area contributed by atoms with Crippen LogP contribution in [0.5, 0.6) is 0 Å². The highest BCUT2D eigenvalue weighted by atomic mass is 35.5. The number of hydrogen-bond donors (Lipinski definition) is 1. The average Bonchev–Trinajstić information content (AvgIpc) is 2.44. The van der Waals surface area contributed by atoms with Gasteiger partial charge in [0.25, 0.3) is 0 Å². The van der Waals surface area contributed by atoms with Crippen LogP contribution in [0.1, 0.15) is 16.7 Å². The summed E-state index contributed by atoms with van der Waals surface area (Å²) in [6.07, 6.45) is 0. The van der Waals surface area contributed by atoms with Gasteiger partial charge in [-0.15, -0.1) is 11.8 Å². The maximum absolute atomic E-state index is 11.9. The number of thioether (sulfide) groups is 1. The molecule has 21 heavy (non-hydrogen) atoms. The average molecular weight is 320 g/mol. The molecule has 1 N–H and O–H groups in total. The van der Waals surface area contributed by atoms with Gasteiger partial charge in [0.15, 0.2) is 0 Å². The number of nitrogens with one attached hydrogen (secondary N) is 1. The van der Waals surface area contributed by atoms with Crippen LogP contribution >= 0.6 is 23.4 Å². The van der Waals surface area contributed by atoms with E-state index in [0.717, 1.165) is 11.3 Å². The molecule has 2 aromatic rings. The lowest BCUT2D eigenvalue weighted by atomic mass is 10.1. The topological polar surface area (TPSA) is 29.1 Å². The lowest BCUT2D eigenvalue weighted by Crippen LogP contribution is -2.14. The summed E-state index contributed by atoms with van der Waals surface area (Å²) in [6, 6.07) is 13.8. The lowest BCUT2D eigenvalue weighted by molar-refractivity contribution is -0.113. The smallest absolute Gasteiger partial charge is 0.234 e. The van der Waals surface area contributed by atoms with Crippen molar-refractivity contribution in [2.45, 2.75) is 19.6 Å². The fourth-order valence-corrected chi connectivity index (χ4v) is 3.12. The van der Waals surface area contributed by atoms with Gasteiger partial charge in [0.2, 0.25) is 5.91 Å². The minimum absolute atomic E-state index is 0.0284. The Hall–Kier alpha value is -1.45. The van der Waals surface area contributed by atoms with Gasteiger partial charge >= 0.3 is 0 Å². The molecule has 0 saturated heterocycles. The predicted octanol–water partition coefficient (Wildman–Crippen LogP) is 4.83. The Labute approximate surface area is 134 Å². The SMILES string of the molecule is Cc1ccc(NC(=O)CSCc2ccccc2C)c(Cl)c1. The standard InChI is InChI=1S/C17H18ClNOS/c1-12-7-8-16(15(18)9-12)19-17(20)11-21-10-14-6-4-3-5-13(14)2/h3-9H,10-11H2,1-2H3,(H,19,20). The first-order chi connectivity index (χ1) is 10.1. The molecule has 2 nitrogen and oxygen atoms in total. The Kier molecular flexibility index (Phi) is 5.71. The summed E-state index contributed by atoms with van der Waals surface area (Å²) in [6.45, 7) is 4.05. The molecule has 4 heteroatoms. The highest BCUT2D eigenvalue weighted by Crippen LogP contribution is 2.23.